The van der Waals surface area contributed by atoms with Crippen molar-refractivity contribution in [2.24, 2.45) is 5.84 Å². The van der Waals surface area contributed by atoms with Crippen LogP contribution in [0.5, 0.6) is 0 Å². The van der Waals surface area contributed by atoms with Gasteiger partial charge in [-0.25, -0.2) is 0 Å². The van der Waals surface area contributed by atoms with E-state index in [1.54, 1.807) is 0 Å². The molecule has 1 rings (SSSR count). The van der Waals surface area contributed by atoms with Crippen molar-refractivity contribution < 1.29 is 26.3 Å². The highest BCUT2D eigenvalue weighted by Crippen LogP contribution is 2.42. The molecule has 1 aromatic rings. The van der Waals surface area contributed by atoms with Gasteiger partial charge in [0, 0.05) is 9.79 Å². The highest BCUT2D eigenvalue weighted by molar-refractivity contribution is 8.01. The molecule has 102 valence electrons. The third kappa shape index (κ3) is 5.74. The van der Waals surface area contributed by atoms with Gasteiger partial charge >= 0.3 is 11.0 Å². The van der Waals surface area contributed by atoms with E-state index in [2.05, 4.69) is 0 Å². The summed E-state index contributed by atoms with van der Waals surface area (Å²) in [7, 11) is 0. The topological polar surface area (TPSA) is 38.0 Å². The Labute approximate surface area is 106 Å². The minimum atomic E-state index is -4.58. The molecule has 1 aromatic carbocycles. The van der Waals surface area contributed by atoms with Crippen LogP contribution >= 0.6 is 23.5 Å². The van der Waals surface area contributed by atoms with Crippen LogP contribution in [0.2, 0.25) is 0 Å². The van der Waals surface area contributed by atoms with Crippen LogP contribution < -0.4 is 11.3 Å². The average Bonchev–Trinajstić information content (AvgIpc) is 2.11. The zero-order chi connectivity index (χ0) is 14.0. The molecule has 0 aromatic heterocycles. The molecule has 0 saturated heterocycles. The lowest BCUT2D eigenvalue weighted by Gasteiger charge is -2.11. The Kier molecular flexibility index (Phi) is 4.67. The highest BCUT2D eigenvalue weighted by Gasteiger charge is 2.32. The van der Waals surface area contributed by atoms with E-state index in [0.717, 1.165) is 18.2 Å². The second-order valence-electron chi connectivity index (χ2n) is 2.93. The molecule has 0 saturated carbocycles. The van der Waals surface area contributed by atoms with E-state index in [4.69, 9.17) is 5.84 Å². The molecule has 0 amide bonds. The number of anilines is 1. The lowest BCUT2D eigenvalue weighted by atomic mass is 10.3. The summed E-state index contributed by atoms with van der Waals surface area (Å²) < 4.78 is 72.8. The SMILES string of the molecule is NNc1cc(SC(F)(F)F)cc(SC(F)(F)F)c1. The number of nitrogens with two attached hydrogens (primary N) is 1. The van der Waals surface area contributed by atoms with E-state index in [-0.39, 0.29) is 15.5 Å². The van der Waals surface area contributed by atoms with Gasteiger partial charge in [0.15, 0.2) is 0 Å². The maximum absolute atomic E-state index is 12.1. The standard InChI is InChI=1S/C8H6F6N2S2/c9-7(10,11)17-5-1-4(16-15)2-6(3-5)18-8(12,13)14/h1-3,16H,15H2. The van der Waals surface area contributed by atoms with Crippen molar-refractivity contribution in [2.75, 3.05) is 5.43 Å². The van der Waals surface area contributed by atoms with Crippen molar-refractivity contribution in [1.82, 2.24) is 0 Å². The summed E-state index contributed by atoms with van der Waals surface area (Å²) in [6.45, 7) is 0. The molecule has 10 heteroatoms. The fourth-order valence-electron chi connectivity index (χ4n) is 1.04. The maximum Gasteiger partial charge on any atom is 0.446 e. The average molecular weight is 308 g/mol. The zero-order valence-corrected chi connectivity index (χ0v) is 10.0. The molecular formula is C8H6F6N2S2. The van der Waals surface area contributed by atoms with Crippen LogP contribution in [0.25, 0.3) is 0 Å². The van der Waals surface area contributed by atoms with Crippen molar-refractivity contribution in [3.05, 3.63) is 18.2 Å². The minimum Gasteiger partial charge on any atom is -0.324 e. The van der Waals surface area contributed by atoms with Crippen molar-refractivity contribution in [2.45, 2.75) is 20.8 Å². The van der Waals surface area contributed by atoms with E-state index >= 15 is 0 Å². The number of hydrogen-bond donors (Lipinski definition) is 2. The molecule has 0 unspecified atom stereocenters. The van der Waals surface area contributed by atoms with Gasteiger partial charge in [-0.05, 0) is 41.7 Å². The van der Waals surface area contributed by atoms with E-state index in [1.807, 2.05) is 5.43 Å². The van der Waals surface area contributed by atoms with Gasteiger partial charge in [-0.3, -0.25) is 5.84 Å². The summed E-state index contributed by atoms with van der Waals surface area (Å²) in [4.78, 5) is -0.741. The Morgan fingerprint density at radius 2 is 1.22 bits per heavy atom. The smallest absolute Gasteiger partial charge is 0.324 e. The molecule has 0 radical (unpaired) electrons. The Morgan fingerprint density at radius 3 is 1.50 bits per heavy atom. The number of nitrogens with one attached hydrogen (secondary N) is 1. The fraction of sp³-hybridized carbons (Fsp3) is 0.250. The van der Waals surface area contributed by atoms with Crippen LogP contribution in [0.3, 0.4) is 0 Å². The van der Waals surface area contributed by atoms with Crippen LogP contribution in [-0.2, 0) is 0 Å². The van der Waals surface area contributed by atoms with Gasteiger partial charge in [-0.2, -0.15) is 26.3 Å². The number of alkyl halides is 6. The van der Waals surface area contributed by atoms with Crippen molar-refractivity contribution >= 4 is 29.2 Å². The lowest BCUT2D eigenvalue weighted by Crippen LogP contribution is -2.08. The van der Waals surface area contributed by atoms with Gasteiger partial charge in [0.05, 0.1) is 5.69 Å². The first-order valence-electron chi connectivity index (χ1n) is 4.22. The number of nitrogen functional groups attached to an aromatic ring is 1. The first kappa shape index (κ1) is 15.3. The Morgan fingerprint density at radius 1 is 0.833 bits per heavy atom. The Balaban J connectivity index is 3.02. The summed E-state index contributed by atoms with van der Waals surface area (Å²) in [5.41, 5.74) is -7.17. The molecular weight excluding hydrogens is 302 g/mol. The van der Waals surface area contributed by atoms with Crippen LogP contribution in [0.4, 0.5) is 32.0 Å². The third-order valence-electron chi connectivity index (χ3n) is 1.51. The van der Waals surface area contributed by atoms with E-state index in [1.165, 1.54) is 0 Å². The molecule has 0 fully saturated rings. The molecule has 0 spiro atoms. The van der Waals surface area contributed by atoms with Gasteiger partial charge in [-0.15, -0.1) is 0 Å². The Hall–Kier alpha value is -0.740. The quantitative estimate of drug-likeness (QED) is 0.380. The predicted octanol–water partition coefficient (Wildman–Crippen LogP) is 4.20. The molecule has 0 aliphatic carbocycles. The monoisotopic (exact) mass is 308 g/mol. The summed E-state index contributed by atoms with van der Waals surface area (Å²) in [5.74, 6) is 4.98. The summed E-state index contributed by atoms with van der Waals surface area (Å²) >= 11 is -1.01. The highest BCUT2D eigenvalue weighted by atomic mass is 32.2. The van der Waals surface area contributed by atoms with Crippen molar-refractivity contribution in [1.29, 1.82) is 0 Å². The van der Waals surface area contributed by atoms with Gasteiger partial charge in [-0.1, -0.05) is 0 Å². The molecule has 18 heavy (non-hydrogen) atoms. The molecule has 0 heterocycles. The molecule has 0 aliphatic rings. The summed E-state index contributed by atoms with van der Waals surface area (Å²) in [5, 5.41) is 0. The molecule has 2 nitrogen and oxygen atoms in total. The number of hydrogen-bond acceptors (Lipinski definition) is 4. The lowest BCUT2D eigenvalue weighted by molar-refractivity contribution is -0.0334. The molecule has 0 aliphatic heterocycles. The fourth-order valence-corrected chi connectivity index (χ4v) is 2.39. The van der Waals surface area contributed by atoms with E-state index < -0.39 is 34.5 Å². The van der Waals surface area contributed by atoms with E-state index in [0.29, 0.717) is 0 Å². The number of thioether (sulfide) groups is 2. The first-order chi connectivity index (χ1) is 8.09. The van der Waals surface area contributed by atoms with Crippen LogP contribution in [0.1, 0.15) is 0 Å². The third-order valence-corrected chi connectivity index (χ3v) is 2.92. The molecule has 0 bridgehead atoms. The largest absolute Gasteiger partial charge is 0.446 e. The van der Waals surface area contributed by atoms with Gasteiger partial charge < -0.3 is 5.43 Å². The number of benzene rings is 1. The second kappa shape index (κ2) is 5.49. The van der Waals surface area contributed by atoms with Crippen LogP contribution in [-0.4, -0.2) is 11.0 Å². The van der Waals surface area contributed by atoms with Crippen LogP contribution in [0.15, 0.2) is 28.0 Å². The van der Waals surface area contributed by atoms with E-state index in [9.17, 15) is 26.3 Å². The van der Waals surface area contributed by atoms with Crippen LogP contribution in [0, 0.1) is 0 Å². The predicted molar refractivity (Wildman–Crippen MR) is 58.1 cm³/mol. The van der Waals surface area contributed by atoms with Gasteiger partial charge in [0.1, 0.15) is 0 Å². The summed E-state index contributed by atoms with van der Waals surface area (Å²) in [6.07, 6.45) is 0. The second-order valence-corrected chi connectivity index (χ2v) is 5.21. The van der Waals surface area contributed by atoms with Gasteiger partial charge in [0.25, 0.3) is 0 Å². The number of rotatable bonds is 3. The maximum atomic E-state index is 12.1. The number of hydrazine groups is 1. The Bertz CT molecular complexity index is 383. The zero-order valence-electron chi connectivity index (χ0n) is 8.39. The van der Waals surface area contributed by atoms with Gasteiger partial charge in [0.2, 0.25) is 0 Å². The first-order valence-corrected chi connectivity index (χ1v) is 5.85. The molecule has 0 atom stereocenters. The van der Waals surface area contributed by atoms with Crippen molar-refractivity contribution in [3.63, 3.8) is 0 Å². The minimum absolute atomic E-state index is 0.0315. The molecule has 3 N–H and O–H groups in total. The normalized spacial score (nSPS) is 12.6. The number of halogens is 6. The summed E-state index contributed by atoms with van der Waals surface area (Å²) in [6, 6.07) is 2.83. The van der Waals surface area contributed by atoms with Crippen molar-refractivity contribution in [3.8, 4) is 0 Å².